The lowest BCUT2D eigenvalue weighted by Gasteiger charge is -2.11. The Bertz CT molecular complexity index is 918. The Morgan fingerprint density at radius 2 is 1.92 bits per heavy atom. The largest absolute Gasteiger partial charge is 0.361 e. The summed E-state index contributed by atoms with van der Waals surface area (Å²) in [5.41, 5.74) is 3.77. The second-order valence-electron chi connectivity index (χ2n) is 6.40. The average Bonchev–Trinajstić information content (AvgIpc) is 3.03. The highest BCUT2D eigenvalue weighted by molar-refractivity contribution is 7.80. The molecule has 0 bridgehead atoms. The SMILES string of the molecule is CN(C)CCc1c[nH]c2ccc(NC(=S)NC(=O)c3ccccc3)cc12. The van der Waals surface area contributed by atoms with Gasteiger partial charge in [0.2, 0.25) is 0 Å². The molecule has 134 valence electrons. The first-order chi connectivity index (χ1) is 12.5. The Kier molecular flexibility index (Phi) is 5.65. The van der Waals surface area contributed by atoms with Crippen LogP contribution in [0.25, 0.3) is 10.9 Å². The standard InChI is InChI=1S/C20H22N4OS/c1-24(2)11-10-15-13-21-18-9-8-16(12-17(15)18)22-20(26)23-19(25)14-6-4-3-5-7-14/h3-9,12-13,21H,10-11H2,1-2H3,(H2,22,23,25,26). The summed E-state index contributed by atoms with van der Waals surface area (Å²) >= 11 is 5.28. The van der Waals surface area contributed by atoms with Gasteiger partial charge in [-0.1, -0.05) is 18.2 Å². The topological polar surface area (TPSA) is 60.2 Å². The minimum absolute atomic E-state index is 0.225. The molecule has 3 N–H and O–H groups in total. The Morgan fingerprint density at radius 3 is 2.65 bits per heavy atom. The first kappa shape index (κ1) is 18.1. The Hall–Kier alpha value is -2.70. The van der Waals surface area contributed by atoms with Gasteiger partial charge in [0.15, 0.2) is 5.11 Å². The van der Waals surface area contributed by atoms with E-state index in [2.05, 4.69) is 40.7 Å². The fraction of sp³-hybridized carbons (Fsp3) is 0.200. The van der Waals surface area contributed by atoms with Gasteiger partial charge in [0.25, 0.3) is 5.91 Å². The molecular formula is C20H22N4OS. The predicted octanol–water partition coefficient (Wildman–Crippen LogP) is 3.40. The Balaban J connectivity index is 1.69. The smallest absolute Gasteiger partial charge is 0.257 e. The zero-order valence-corrected chi connectivity index (χ0v) is 15.7. The van der Waals surface area contributed by atoms with E-state index in [0.717, 1.165) is 29.6 Å². The third-order valence-corrected chi connectivity index (χ3v) is 4.32. The molecule has 3 rings (SSSR count). The summed E-state index contributed by atoms with van der Waals surface area (Å²) in [6, 6.07) is 15.0. The van der Waals surface area contributed by atoms with E-state index in [0.29, 0.717) is 5.56 Å². The average molecular weight is 366 g/mol. The van der Waals surface area contributed by atoms with Crippen LogP contribution in [0.2, 0.25) is 0 Å². The Morgan fingerprint density at radius 1 is 1.15 bits per heavy atom. The molecule has 1 amide bonds. The molecule has 0 aliphatic carbocycles. The fourth-order valence-corrected chi connectivity index (χ4v) is 2.94. The normalized spacial score (nSPS) is 10.9. The number of anilines is 1. The summed E-state index contributed by atoms with van der Waals surface area (Å²) in [5.74, 6) is -0.225. The van der Waals surface area contributed by atoms with Gasteiger partial charge in [0.1, 0.15) is 0 Å². The third kappa shape index (κ3) is 4.47. The second kappa shape index (κ2) is 8.12. The highest BCUT2D eigenvalue weighted by Gasteiger charge is 2.09. The minimum atomic E-state index is -0.225. The van der Waals surface area contributed by atoms with Crippen molar-refractivity contribution in [3.05, 3.63) is 65.9 Å². The van der Waals surface area contributed by atoms with Crippen molar-refractivity contribution < 1.29 is 4.79 Å². The molecule has 3 aromatic rings. The number of nitrogens with one attached hydrogen (secondary N) is 3. The summed E-state index contributed by atoms with van der Waals surface area (Å²) in [5, 5.41) is 7.24. The van der Waals surface area contributed by atoms with Crippen molar-refractivity contribution in [2.24, 2.45) is 0 Å². The molecule has 26 heavy (non-hydrogen) atoms. The number of hydrogen-bond acceptors (Lipinski definition) is 3. The number of aromatic nitrogens is 1. The number of amides is 1. The van der Waals surface area contributed by atoms with Crippen molar-refractivity contribution in [2.45, 2.75) is 6.42 Å². The predicted molar refractivity (Wildman–Crippen MR) is 111 cm³/mol. The summed E-state index contributed by atoms with van der Waals surface area (Å²) < 4.78 is 0. The van der Waals surface area contributed by atoms with Crippen molar-refractivity contribution in [2.75, 3.05) is 26.0 Å². The zero-order chi connectivity index (χ0) is 18.5. The van der Waals surface area contributed by atoms with Crippen LogP contribution in [-0.4, -0.2) is 41.5 Å². The monoisotopic (exact) mass is 366 g/mol. The molecule has 0 saturated heterocycles. The molecule has 6 heteroatoms. The zero-order valence-electron chi connectivity index (χ0n) is 14.9. The lowest BCUT2D eigenvalue weighted by Crippen LogP contribution is -2.34. The molecule has 0 fully saturated rings. The van der Waals surface area contributed by atoms with Gasteiger partial charge in [-0.25, -0.2) is 0 Å². The van der Waals surface area contributed by atoms with Gasteiger partial charge in [-0.2, -0.15) is 0 Å². The lowest BCUT2D eigenvalue weighted by molar-refractivity contribution is 0.0977. The van der Waals surface area contributed by atoms with Crippen molar-refractivity contribution in [3.8, 4) is 0 Å². The van der Waals surface area contributed by atoms with Gasteiger partial charge in [-0.05, 0) is 68.6 Å². The maximum Gasteiger partial charge on any atom is 0.257 e. The van der Waals surface area contributed by atoms with Crippen LogP contribution in [-0.2, 0) is 6.42 Å². The van der Waals surface area contributed by atoms with E-state index in [-0.39, 0.29) is 11.0 Å². The first-order valence-corrected chi connectivity index (χ1v) is 8.86. The second-order valence-corrected chi connectivity index (χ2v) is 6.81. The number of H-pyrrole nitrogens is 1. The minimum Gasteiger partial charge on any atom is -0.361 e. The van der Waals surface area contributed by atoms with Crippen LogP contribution in [0, 0.1) is 0 Å². The highest BCUT2D eigenvalue weighted by Crippen LogP contribution is 2.23. The molecule has 2 aromatic carbocycles. The number of carbonyl (C=O) groups excluding carboxylic acids is 1. The van der Waals surface area contributed by atoms with Gasteiger partial charge in [0.05, 0.1) is 0 Å². The molecule has 0 saturated carbocycles. The third-order valence-electron chi connectivity index (χ3n) is 4.12. The van der Waals surface area contributed by atoms with Gasteiger partial charge in [-0.15, -0.1) is 0 Å². The number of rotatable bonds is 5. The first-order valence-electron chi connectivity index (χ1n) is 8.45. The molecule has 0 unspecified atom stereocenters. The van der Waals surface area contributed by atoms with E-state index < -0.39 is 0 Å². The highest BCUT2D eigenvalue weighted by atomic mass is 32.1. The molecule has 0 aliphatic rings. The van der Waals surface area contributed by atoms with Gasteiger partial charge < -0.3 is 15.2 Å². The van der Waals surface area contributed by atoms with Crippen LogP contribution in [0.4, 0.5) is 5.69 Å². The van der Waals surface area contributed by atoms with Crippen LogP contribution < -0.4 is 10.6 Å². The molecule has 1 aromatic heterocycles. The van der Waals surface area contributed by atoms with Gasteiger partial charge in [0, 0.05) is 34.9 Å². The number of benzene rings is 2. The van der Waals surface area contributed by atoms with E-state index in [1.165, 1.54) is 5.56 Å². The number of hydrogen-bond donors (Lipinski definition) is 3. The van der Waals surface area contributed by atoms with Crippen molar-refractivity contribution in [1.29, 1.82) is 0 Å². The van der Waals surface area contributed by atoms with E-state index >= 15 is 0 Å². The van der Waals surface area contributed by atoms with Crippen LogP contribution in [0.1, 0.15) is 15.9 Å². The molecule has 0 spiro atoms. The number of nitrogens with zero attached hydrogens (tertiary/aromatic N) is 1. The summed E-state index contributed by atoms with van der Waals surface area (Å²) in [7, 11) is 4.13. The number of aromatic amines is 1. The Labute approximate surface area is 158 Å². The van der Waals surface area contributed by atoms with Crippen LogP contribution in [0.15, 0.2) is 54.7 Å². The molecule has 0 aliphatic heterocycles. The molecular weight excluding hydrogens is 344 g/mol. The fourth-order valence-electron chi connectivity index (χ4n) is 2.73. The molecule has 0 radical (unpaired) electrons. The van der Waals surface area contributed by atoms with Crippen molar-refractivity contribution in [1.82, 2.24) is 15.2 Å². The number of carbonyl (C=O) groups is 1. The van der Waals surface area contributed by atoms with Crippen LogP contribution in [0.3, 0.4) is 0 Å². The summed E-state index contributed by atoms with van der Waals surface area (Å²) in [4.78, 5) is 17.6. The molecule has 1 heterocycles. The van der Waals surface area contributed by atoms with Crippen molar-refractivity contribution in [3.63, 3.8) is 0 Å². The van der Waals surface area contributed by atoms with Crippen molar-refractivity contribution >= 4 is 39.8 Å². The number of fused-ring (bicyclic) bond motifs is 1. The molecule has 0 atom stereocenters. The lowest BCUT2D eigenvalue weighted by atomic mass is 10.1. The maximum atomic E-state index is 12.2. The van der Waals surface area contributed by atoms with E-state index in [9.17, 15) is 4.79 Å². The number of likely N-dealkylation sites (N-methyl/N-ethyl adjacent to an activating group) is 1. The maximum absolute atomic E-state index is 12.2. The number of thiocarbonyl (C=S) groups is 1. The van der Waals surface area contributed by atoms with Gasteiger partial charge >= 0.3 is 0 Å². The quantitative estimate of drug-likeness (QED) is 0.606. The molecule has 5 nitrogen and oxygen atoms in total. The van der Waals surface area contributed by atoms with E-state index in [4.69, 9.17) is 12.2 Å². The van der Waals surface area contributed by atoms with E-state index in [1.54, 1.807) is 12.1 Å². The van der Waals surface area contributed by atoms with Gasteiger partial charge in [-0.3, -0.25) is 10.1 Å². The summed E-state index contributed by atoms with van der Waals surface area (Å²) in [6.45, 7) is 0.982. The summed E-state index contributed by atoms with van der Waals surface area (Å²) in [6.07, 6.45) is 3.01. The van der Waals surface area contributed by atoms with E-state index in [1.807, 2.05) is 36.5 Å². The van der Waals surface area contributed by atoms with Crippen LogP contribution in [0.5, 0.6) is 0 Å². The van der Waals surface area contributed by atoms with Crippen LogP contribution >= 0.6 is 12.2 Å².